The molecule has 0 radical (unpaired) electrons. The summed E-state index contributed by atoms with van der Waals surface area (Å²) in [7, 11) is 1.47. The van der Waals surface area contributed by atoms with Gasteiger partial charge in [0.25, 0.3) is 5.91 Å². The van der Waals surface area contributed by atoms with Gasteiger partial charge in [-0.05, 0) is 84.3 Å². The van der Waals surface area contributed by atoms with Crippen LogP contribution in [0.4, 0.5) is 5.69 Å². The Kier molecular flexibility index (Phi) is 8.88. The van der Waals surface area contributed by atoms with E-state index in [4.69, 9.17) is 14.2 Å². The van der Waals surface area contributed by atoms with Gasteiger partial charge >= 0.3 is 5.97 Å². The summed E-state index contributed by atoms with van der Waals surface area (Å²) in [5.41, 5.74) is 3.08. The lowest BCUT2D eigenvalue weighted by Gasteiger charge is -2.13. The van der Waals surface area contributed by atoms with Crippen molar-refractivity contribution in [3.63, 3.8) is 0 Å². The molecule has 2 aromatic rings. The molecule has 0 aliphatic rings. The first-order chi connectivity index (χ1) is 14.8. The second kappa shape index (κ2) is 11.4. The lowest BCUT2D eigenvalue weighted by Crippen LogP contribution is -2.15. The summed E-state index contributed by atoms with van der Waals surface area (Å²) in [6, 6.07) is 11.0. The summed E-state index contributed by atoms with van der Waals surface area (Å²) in [5, 5.41) is 12.3. The van der Waals surface area contributed by atoms with E-state index in [1.165, 1.54) is 13.2 Å². The molecule has 0 unspecified atom stereocenters. The van der Waals surface area contributed by atoms with Gasteiger partial charge in [0, 0.05) is 5.69 Å². The van der Waals surface area contributed by atoms with Crippen LogP contribution < -0.4 is 14.8 Å². The molecule has 2 rings (SSSR count). The standard InChI is InChI=1S/C23H23IN2O5/c1-5-30-21(27)13-31-22-18(24)10-16(11-20(22)29-4)9-17(12-25)23(28)26-19-8-14(2)6-7-15(19)3/h6-11H,5,13H2,1-4H3,(H,26,28)/b17-9+. The molecule has 0 spiro atoms. The monoisotopic (exact) mass is 534 g/mol. The Bertz CT molecular complexity index is 1060. The number of halogens is 1. The maximum Gasteiger partial charge on any atom is 0.344 e. The fourth-order valence-corrected chi connectivity index (χ4v) is 3.45. The predicted molar refractivity (Wildman–Crippen MR) is 126 cm³/mol. The van der Waals surface area contributed by atoms with E-state index >= 15 is 0 Å². The van der Waals surface area contributed by atoms with E-state index < -0.39 is 11.9 Å². The average molecular weight is 534 g/mol. The van der Waals surface area contributed by atoms with Crippen LogP contribution in [0.5, 0.6) is 11.5 Å². The lowest BCUT2D eigenvalue weighted by molar-refractivity contribution is -0.145. The molecule has 0 bridgehead atoms. The van der Waals surface area contributed by atoms with Crippen molar-refractivity contribution in [3.8, 4) is 17.6 Å². The summed E-state index contributed by atoms with van der Waals surface area (Å²) in [4.78, 5) is 24.2. The van der Waals surface area contributed by atoms with Gasteiger partial charge in [-0.3, -0.25) is 4.79 Å². The Morgan fingerprint density at radius 2 is 1.97 bits per heavy atom. The van der Waals surface area contributed by atoms with Gasteiger partial charge in [-0.1, -0.05) is 12.1 Å². The van der Waals surface area contributed by atoms with E-state index in [0.29, 0.717) is 26.3 Å². The number of nitrogens with one attached hydrogen (secondary N) is 1. The van der Waals surface area contributed by atoms with Crippen molar-refractivity contribution < 1.29 is 23.8 Å². The van der Waals surface area contributed by atoms with E-state index in [2.05, 4.69) is 5.32 Å². The van der Waals surface area contributed by atoms with Crippen molar-refractivity contribution in [2.45, 2.75) is 20.8 Å². The molecule has 0 atom stereocenters. The molecule has 31 heavy (non-hydrogen) atoms. The summed E-state index contributed by atoms with van der Waals surface area (Å²) in [6.45, 7) is 5.54. The first-order valence-corrected chi connectivity index (χ1v) is 10.5. The number of anilines is 1. The molecule has 0 saturated carbocycles. The number of methoxy groups -OCH3 is 1. The third-order valence-electron chi connectivity index (χ3n) is 4.21. The summed E-state index contributed by atoms with van der Waals surface area (Å²) in [6.07, 6.45) is 1.47. The highest BCUT2D eigenvalue weighted by molar-refractivity contribution is 14.1. The smallest absolute Gasteiger partial charge is 0.344 e. The number of nitrogens with zero attached hydrogens (tertiary/aromatic N) is 1. The number of benzene rings is 2. The third kappa shape index (κ3) is 6.72. The molecule has 0 heterocycles. The van der Waals surface area contributed by atoms with Crippen LogP contribution >= 0.6 is 22.6 Å². The van der Waals surface area contributed by atoms with Gasteiger partial charge in [0.05, 0.1) is 17.3 Å². The first-order valence-electron chi connectivity index (χ1n) is 9.45. The van der Waals surface area contributed by atoms with Crippen LogP contribution in [0, 0.1) is 28.7 Å². The number of ether oxygens (including phenoxy) is 3. The van der Waals surface area contributed by atoms with Crippen molar-refractivity contribution in [1.82, 2.24) is 0 Å². The Balaban J connectivity index is 2.28. The van der Waals surface area contributed by atoms with Crippen LogP contribution in [0.2, 0.25) is 0 Å². The van der Waals surface area contributed by atoms with Gasteiger partial charge in [-0.25, -0.2) is 4.79 Å². The zero-order chi connectivity index (χ0) is 23.0. The van der Waals surface area contributed by atoms with Crippen LogP contribution in [0.15, 0.2) is 35.9 Å². The second-order valence-corrected chi connectivity index (χ2v) is 7.73. The van der Waals surface area contributed by atoms with Crippen molar-refractivity contribution in [2.75, 3.05) is 25.6 Å². The molecule has 162 valence electrons. The van der Waals surface area contributed by atoms with Crippen molar-refractivity contribution in [1.29, 1.82) is 5.26 Å². The highest BCUT2D eigenvalue weighted by atomic mass is 127. The molecule has 1 N–H and O–H groups in total. The third-order valence-corrected chi connectivity index (χ3v) is 5.01. The molecule has 7 nitrogen and oxygen atoms in total. The Morgan fingerprint density at radius 3 is 2.61 bits per heavy atom. The Hall–Kier alpha value is -3.06. The van der Waals surface area contributed by atoms with E-state index in [9.17, 15) is 14.9 Å². The SMILES string of the molecule is CCOC(=O)COc1c(I)cc(/C=C(\C#N)C(=O)Nc2cc(C)ccc2C)cc1OC. The van der Waals surface area contributed by atoms with Gasteiger partial charge in [0.2, 0.25) is 0 Å². The van der Waals surface area contributed by atoms with Crippen LogP contribution in [-0.2, 0) is 14.3 Å². The number of carbonyl (C=O) groups excluding carboxylic acids is 2. The maximum absolute atomic E-state index is 12.6. The fourth-order valence-electron chi connectivity index (χ4n) is 2.67. The number of aryl methyl sites for hydroxylation is 2. The second-order valence-electron chi connectivity index (χ2n) is 6.57. The molecule has 2 aromatic carbocycles. The van der Waals surface area contributed by atoms with E-state index in [1.807, 2.05) is 60.7 Å². The number of esters is 1. The fraction of sp³-hybridized carbons (Fsp3) is 0.261. The first kappa shape index (κ1) is 24.2. The van der Waals surface area contributed by atoms with Gasteiger partial charge in [0.15, 0.2) is 18.1 Å². The molecule has 8 heteroatoms. The number of amides is 1. The molecule has 0 aliphatic carbocycles. The number of rotatable bonds is 8. The van der Waals surface area contributed by atoms with Gasteiger partial charge in [0.1, 0.15) is 11.6 Å². The number of carbonyl (C=O) groups is 2. The van der Waals surface area contributed by atoms with E-state index in [1.54, 1.807) is 19.1 Å². The molecule has 0 aliphatic heterocycles. The van der Waals surface area contributed by atoms with Gasteiger partial charge < -0.3 is 19.5 Å². The number of hydrogen-bond acceptors (Lipinski definition) is 6. The maximum atomic E-state index is 12.6. The summed E-state index contributed by atoms with van der Waals surface area (Å²) in [5.74, 6) is -0.242. The Morgan fingerprint density at radius 1 is 1.23 bits per heavy atom. The van der Waals surface area contributed by atoms with Crippen molar-refractivity contribution in [2.24, 2.45) is 0 Å². The highest BCUT2D eigenvalue weighted by Crippen LogP contribution is 2.34. The molecule has 0 saturated heterocycles. The van der Waals surface area contributed by atoms with Gasteiger partial charge in [-0.2, -0.15) is 5.26 Å². The van der Waals surface area contributed by atoms with E-state index in [0.717, 1.165) is 11.1 Å². The minimum Gasteiger partial charge on any atom is -0.493 e. The Labute approximate surface area is 195 Å². The minimum atomic E-state index is -0.507. The summed E-state index contributed by atoms with van der Waals surface area (Å²) >= 11 is 2.04. The molecule has 1 amide bonds. The summed E-state index contributed by atoms with van der Waals surface area (Å²) < 4.78 is 16.4. The zero-order valence-corrected chi connectivity index (χ0v) is 19.9. The zero-order valence-electron chi connectivity index (χ0n) is 17.7. The number of hydrogen-bond donors (Lipinski definition) is 1. The average Bonchev–Trinajstić information content (AvgIpc) is 2.73. The van der Waals surface area contributed by atoms with Crippen LogP contribution in [0.1, 0.15) is 23.6 Å². The predicted octanol–water partition coefficient (Wildman–Crippen LogP) is 4.40. The molecule has 0 aromatic heterocycles. The minimum absolute atomic E-state index is 0.0565. The normalized spacial score (nSPS) is 10.8. The van der Waals surface area contributed by atoms with Crippen LogP contribution in [-0.4, -0.2) is 32.2 Å². The van der Waals surface area contributed by atoms with Crippen LogP contribution in [0.25, 0.3) is 6.08 Å². The molecular formula is C23H23IN2O5. The number of nitriles is 1. The van der Waals surface area contributed by atoms with Crippen molar-refractivity contribution >= 4 is 46.2 Å². The molecule has 0 fully saturated rings. The van der Waals surface area contributed by atoms with Crippen LogP contribution in [0.3, 0.4) is 0 Å². The largest absolute Gasteiger partial charge is 0.493 e. The quantitative estimate of drug-likeness (QED) is 0.233. The van der Waals surface area contributed by atoms with E-state index in [-0.39, 0.29) is 18.8 Å². The molecular weight excluding hydrogens is 511 g/mol. The van der Waals surface area contributed by atoms with Gasteiger partial charge in [-0.15, -0.1) is 0 Å². The lowest BCUT2D eigenvalue weighted by atomic mass is 10.1. The topological polar surface area (TPSA) is 97.7 Å². The highest BCUT2D eigenvalue weighted by Gasteiger charge is 2.16. The van der Waals surface area contributed by atoms with Crippen molar-refractivity contribution in [3.05, 3.63) is 56.2 Å².